The van der Waals surface area contributed by atoms with E-state index in [1.807, 2.05) is 32.9 Å². The van der Waals surface area contributed by atoms with Crippen molar-refractivity contribution in [2.45, 2.75) is 39.8 Å². The Hall–Kier alpha value is -1.29. The third-order valence-electron chi connectivity index (χ3n) is 2.39. The van der Waals surface area contributed by atoms with Crippen LogP contribution in [-0.2, 0) is 17.8 Å². The van der Waals surface area contributed by atoms with Gasteiger partial charge < -0.3 is 9.73 Å². The van der Waals surface area contributed by atoms with E-state index >= 15 is 0 Å². The Balaban J connectivity index is 2.36. The fourth-order valence-electron chi connectivity index (χ4n) is 1.38. The van der Waals surface area contributed by atoms with Gasteiger partial charge in [-0.1, -0.05) is 6.92 Å². The zero-order valence-corrected chi connectivity index (χ0v) is 10.2. The van der Waals surface area contributed by atoms with Crippen LogP contribution in [0.2, 0.25) is 0 Å². The molecule has 0 saturated heterocycles. The van der Waals surface area contributed by atoms with Crippen molar-refractivity contribution in [2.75, 3.05) is 6.54 Å². The Morgan fingerprint density at radius 3 is 2.62 bits per heavy atom. The highest BCUT2D eigenvalue weighted by Crippen LogP contribution is 2.08. The van der Waals surface area contributed by atoms with E-state index in [0.29, 0.717) is 13.1 Å². The number of likely N-dealkylation sites (N-methyl/N-ethyl adjacent to an activating group) is 1. The first-order valence-corrected chi connectivity index (χ1v) is 5.76. The van der Waals surface area contributed by atoms with Crippen LogP contribution in [0.25, 0.3) is 0 Å². The van der Waals surface area contributed by atoms with E-state index in [1.54, 1.807) is 0 Å². The molecule has 0 aromatic carbocycles. The van der Waals surface area contributed by atoms with Crippen molar-refractivity contribution in [1.82, 2.24) is 10.6 Å². The minimum absolute atomic E-state index is 0.0183. The van der Waals surface area contributed by atoms with E-state index in [9.17, 15) is 4.79 Å². The predicted molar refractivity (Wildman–Crippen MR) is 63.1 cm³/mol. The molecule has 1 rings (SSSR count). The molecule has 0 spiro atoms. The summed E-state index contributed by atoms with van der Waals surface area (Å²) in [4.78, 5) is 11.4. The molecule has 1 amide bonds. The summed E-state index contributed by atoms with van der Waals surface area (Å²) in [5.41, 5.74) is 0. The van der Waals surface area contributed by atoms with Gasteiger partial charge in [0.05, 0.1) is 12.6 Å². The van der Waals surface area contributed by atoms with Crippen molar-refractivity contribution >= 4 is 5.91 Å². The molecule has 0 fully saturated rings. The number of rotatable bonds is 6. The predicted octanol–water partition coefficient (Wildman–Crippen LogP) is 1.46. The van der Waals surface area contributed by atoms with Gasteiger partial charge in [-0.2, -0.15) is 0 Å². The SMILES string of the molecule is CCNC(=O)C(C)NCc1ccc(CC)o1. The summed E-state index contributed by atoms with van der Waals surface area (Å²) in [7, 11) is 0. The standard InChI is InChI=1S/C12H20N2O2/c1-4-10-6-7-11(16-10)8-14-9(3)12(15)13-5-2/h6-7,9,14H,4-5,8H2,1-3H3,(H,13,15). The minimum atomic E-state index is -0.199. The number of furan rings is 1. The highest BCUT2D eigenvalue weighted by atomic mass is 16.3. The van der Waals surface area contributed by atoms with Crippen molar-refractivity contribution < 1.29 is 9.21 Å². The minimum Gasteiger partial charge on any atom is -0.465 e. The lowest BCUT2D eigenvalue weighted by molar-refractivity contribution is -0.122. The monoisotopic (exact) mass is 224 g/mol. The molecule has 4 nitrogen and oxygen atoms in total. The quantitative estimate of drug-likeness (QED) is 0.769. The zero-order chi connectivity index (χ0) is 12.0. The molecular formula is C12H20N2O2. The van der Waals surface area contributed by atoms with E-state index in [4.69, 9.17) is 4.42 Å². The fourth-order valence-corrected chi connectivity index (χ4v) is 1.38. The Morgan fingerprint density at radius 2 is 2.06 bits per heavy atom. The van der Waals surface area contributed by atoms with E-state index in [2.05, 4.69) is 10.6 Å². The lowest BCUT2D eigenvalue weighted by Gasteiger charge is -2.11. The number of hydrogen-bond donors (Lipinski definition) is 2. The van der Waals surface area contributed by atoms with Gasteiger partial charge >= 0.3 is 0 Å². The number of aryl methyl sites for hydroxylation is 1. The van der Waals surface area contributed by atoms with Crippen LogP contribution in [0.4, 0.5) is 0 Å². The Bertz CT molecular complexity index is 334. The number of hydrogen-bond acceptors (Lipinski definition) is 3. The van der Waals surface area contributed by atoms with Gasteiger partial charge in [0.25, 0.3) is 0 Å². The molecule has 1 atom stereocenters. The molecule has 1 unspecified atom stereocenters. The fraction of sp³-hybridized carbons (Fsp3) is 0.583. The van der Waals surface area contributed by atoms with Crippen LogP contribution in [0.5, 0.6) is 0 Å². The highest BCUT2D eigenvalue weighted by Gasteiger charge is 2.11. The second-order valence-corrected chi connectivity index (χ2v) is 3.72. The first kappa shape index (κ1) is 12.8. The van der Waals surface area contributed by atoms with Crippen molar-refractivity contribution in [1.29, 1.82) is 0 Å². The van der Waals surface area contributed by atoms with Gasteiger partial charge in [-0.25, -0.2) is 0 Å². The average Bonchev–Trinajstić information content (AvgIpc) is 2.74. The Kier molecular flexibility index (Phi) is 5.05. The molecule has 90 valence electrons. The van der Waals surface area contributed by atoms with Gasteiger partial charge in [-0.05, 0) is 26.0 Å². The topological polar surface area (TPSA) is 54.3 Å². The van der Waals surface area contributed by atoms with Gasteiger partial charge in [0, 0.05) is 13.0 Å². The summed E-state index contributed by atoms with van der Waals surface area (Å²) < 4.78 is 5.53. The number of amides is 1. The summed E-state index contributed by atoms with van der Waals surface area (Å²) in [6.45, 7) is 7.04. The second-order valence-electron chi connectivity index (χ2n) is 3.72. The molecule has 16 heavy (non-hydrogen) atoms. The lowest BCUT2D eigenvalue weighted by Crippen LogP contribution is -2.41. The van der Waals surface area contributed by atoms with Crippen LogP contribution < -0.4 is 10.6 Å². The summed E-state index contributed by atoms with van der Waals surface area (Å²) in [6, 6.07) is 3.71. The van der Waals surface area contributed by atoms with Crippen LogP contribution in [-0.4, -0.2) is 18.5 Å². The van der Waals surface area contributed by atoms with Crippen molar-refractivity contribution in [3.05, 3.63) is 23.7 Å². The molecular weight excluding hydrogens is 204 g/mol. The second kappa shape index (κ2) is 6.33. The highest BCUT2D eigenvalue weighted by molar-refractivity contribution is 5.81. The molecule has 1 aromatic heterocycles. The summed E-state index contributed by atoms with van der Waals surface area (Å²) in [5.74, 6) is 1.86. The molecule has 0 aliphatic heterocycles. The molecule has 1 aromatic rings. The lowest BCUT2D eigenvalue weighted by atomic mass is 10.3. The van der Waals surface area contributed by atoms with E-state index in [0.717, 1.165) is 17.9 Å². The largest absolute Gasteiger partial charge is 0.465 e. The molecule has 1 heterocycles. The van der Waals surface area contributed by atoms with Gasteiger partial charge in [-0.15, -0.1) is 0 Å². The van der Waals surface area contributed by atoms with Crippen LogP contribution in [0.3, 0.4) is 0 Å². The van der Waals surface area contributed by atoms with Crippen LogP contribution in [0.1, 0.15) is 32.3 Å². The summed E-state index contributed by atoms with van der Waals surface area (Å²) in [5, 5.41) is 5.88. The molecule has 2 N–H and O–H groups in total. The molecule has 0 bridgehead atoms. The van der Waals surface area contributed by atoms with Crippen LogP contribution in [0.15, 0.2) is 16.5 Å². The molecule has 0 aliphatic carbocycles. The number of carbonyl (C=O) groups is 1. The summed E-state index contributed by atoms with van der Waals surface area (Å²) >= 11 is 0. The van der Waals surface area contributed by atoms with Gasteiger partial charge in [0.2, 0.25) is 5.91 Å². The maximum atomic E-state index is 11.4. The van der Waals surface area contributed by atoms with Crippen molar-refractivity contribution in [3.63, 3.8) is 0 Å². The number of carbonyl (C=O) groups excluding carboxylic acids is 1. The van der Waals surface area contributed by atoms with Gasteiger partial charge in [-0.3, -0.25) is 10.1 Å². The molecule has 0 saturated carbocycles. The average molecular weight is 224 g/mol. The maximum absolute atomic E-state index is 11.4. The van der Waals surface area contributed by atoms with Gasteiger partial charge in [0.15, 0.2) is 0 Å². The first-order chi connectivity index (χ1) is 7.67. The zero-order valence-electron chi connectivity index (χ0n) is 10.2. The third kappa shape index (κ3) is 3.70. The smallest absolute Gasteiger partial charge is 0.236 e. The maximum Gasteiger partial charge on any atom is 0.236 e. The Morgan fingerprint density at radius 1 is 1.38 bits per heavy atom. The third-order valence-corrected chi connectivity index (χ3v) is 2.39. The normalized spacial score (nSPS) is 12.4. The van der Waals surface area contributed by atoms with Gasteiger partial charge in [0.1, 0.15) is 11.5 Å². The van der Waals surface area contributed by atoms with Crippen LogP contribution >= 0.6 is 0 Å². The molecule has 4 heteroatoms. The van der Waals surface area contributed by atoms with Crippen LogP contribution in [0, 0.1) is 0 Å². The van der Waals surface area contributed by atoms with Crippen molar-refractivity contribution in [2.24, 2.45) is 0 Å². The Labute approximate surface area is 96.4 Å². The molecule has 0 radical (unpaired) electrons. The van der Waals surface area contributed by atoms with E-state index in [-0.39, 0.29) is 11.9 Å². The first-order valence-electron chi connectivity index (χ1n) is 5.76. The molecule has 0 aliphatic rings. The summed E-state index contributed by atoms with van der Waals surface area (Å²) in [6.07, 6.45) is 0.895. The van der Waals surface area contributed by atoms with E-state index in [1.165, 1.54) is 0 Å². The number of nitrogens with one attached hydrogen (secondary N) is 2. The van der Waals surface area contributed by atoms with E-state index < -0.39 is 0 Å². The van der Waals surface area contributed by atoms with Crippen molar-refractivity contribution in [3.8, 4) is 0 Å².